The van der Waals surface area contributed by atoms with Gasteiger partial charge in [-0.3, -0.25) is 0 Å². The first-order valence-corrected chi connectivity index (χ1v) is 7.46. The molecule has 0 fully saturated rings. The fourth-order valence-electron chi connectivity index (χ4n) is 1.84. The number of ether oxygens (including phenoxy) is 1. The van der Waals surface area contributed by atoms with E-state index in [-0.39, 0.29) is 0 Å². The van der Waals surface area contributed by atoms with Crippen molar-refractivity contribution in [2.45, 2.75) is 32.9 Å². The van der Waals surface area contributed by atoms with Gasteiger partial charge in [0.15, 0.2) is 0 Å². The molecule has 0 aliphatic heterocycles. The monoisotopic (exact) mass is 334 g/mol. The van der Waals surface area contributed by atoms with Crippen molar-refractivity contribution >= 4 is 15.9 Å². The molecular weight excluding hydrogens is 316 g/mol. The van der Waals surface area contributed by atoms with Crippen LogP contribution in [0.4, 0.5) is 0 Å². The van der Waals surface area contributed by atoms with Gasteiger partial charge >= 0.3 is 0 Å². The predicted molar refractivity (Wildman–Crippen MR) is 84.7 cm³/mol. The molecule has 2 rings (SSSR count). The Balaban J connectivity index is 2.17. The van der Waals surface area contributed by atoms with Crippen LogP contribution >= 0.6 is 15.9 Å². The molecule has 20 heavy (non-hydrogen) atoms. The second-order valence-corrected chi connectivity index (χ2v) is 5.83. The lowest BCUT2D eigenvalue weighted by molar-refractivity contribution is 0.291. The van der Waals surface area contributed by atoms with Gasteiger partial charge in [0.1, 0.15) is 6.61 Å². The highest BCUT2D eigenvalue weighted by Crippen LogP contribution is 2.21. The fourth-order valence-corrected chi connectivity index (χ4v) is 2.24. The molecular formula is C16H19BrN2O. The Hall–Kier alpha value is -1.39. The lowest BCUT2D eigenvalue weighted by Crippen LogP contribution is -2.04. The Bertz CT molecular complexity index is 584. The van der Waals surface area contributed by atoms with E-state index in [4.69, 9.17) is 10.5 Å². The summed E-state index contributed by atoms with van der Waals surface area (Å²) in [5, 5.41) is 0. The van der Waals surface area contributed by atoms with Crippen molar-refractivity contribution in [1.82, 2.24) is 4.98 Å². The van der Waals surface area contributed by atoms with Gasteiger partial charge in [-0.25, -0.2) is 4.98 Å². The largest absolute Gasteiger partial charge is 0.473 e. The van der Waals surface area contributed by atoms with Crippen molar-refractivity contribution in [3.05, 3.63) is 57.7 Å². The zero-order valence-corrected chi connectivity index (χ0v) is 13.4. The molecule has 2 N–H and O–H groups in total. The van der Waals surface area contributed by atoms with Gasteiger partial charge in [0.2, 0.25) is 5.88 Å². The van der Waals surface area contributed by atoms with E-state index in [1.54, 1.807) is 0 Å². The number of aromatic nitrogens is 1. The number of hydrogen-bond donors (Lipinski definition) is 1. The first-order chi connectivity index (χ1) is 9.60. The van der Waals surface area contributed by atoms with Gasteiger partial charge in [-0.1, -0.05) is 48.0 Å². The minimum atomic E-state index is 0.354. The van der Waals surface area contributed by atoms with E-state index in [0.29, 0.717) is 24.9 Å². The quantitative estimate of drug-likeness (QED) is 0.898. The summed E-state index contributed by atoms with van der Waals surface area (Å²) in [6, 6.07) is 11.9. The highest BCUT2D eigenvalue weighted by Gasteiger charge is 2.07. The van der Waals surface area contributed by atoms with Crippen LogP contribution in [-0.4, -0.2) is 4.98 Å². The fraction of sp³-hybridized carbons (Fsp3) is 0.312. The Morgan fingerprint density at radius 3 is 2.65 bits per heavy atom. The van der Waals surface area contributed by atoms with Gasteiger partial charge < -0.3 is 10.5 Å². The lowest BCUT2D eigenvalue weighted by Gasteiger charge is -2.12. The maximum Gasteiger partial charge on any atom is 0.214 e. The van der Waals surface area contributed by atoms with Gasteiger partial charge in [-0.15, -0.1) is 0 Å². The Morgan fingerprint density at radius 2 is 2.00 bits per heavy atom. The number of hydrogen-bond acceptors (Lipinski definition) is 3. The molecule has 0 saturated heterocycles. The third-order valence-electron chi connectivity index (χ3n) is 3.04. The summed E-state index contributed by atoms with van der Waals surface area (Å²) in [4.78, 5) is 4.53. The van der Waals surface area contributed by atoms with Gasteiger partial charge in [-0.2, -0.15) is 0 Å². The standard InChI is InChI=1S/C16H19BrN2O/c1-11(2)15-7-12(9-18)8-16(19-15)20-10-13-5-3-4-6-14(13)17/h3-8,11H,9-10,18H2,1-2H3. The van der Waals surface area contributed by atoms with Crippen LogP contribution < -0.4 is 10.5 Å². The Kier molecular flexibility index (Phi) is 5.15. The number of nitrogens with zero attached hydrogens (tertiary/aromatic N) is 1. The number of benzene rings is 1. The summed E-state index contributed by atoms with van der Waals surface area (Å²) in [5.41, 5.74) is 8.88. The minimum Gasteiger partial charge on any atom is -0.473 e. The molecule has 0 amide bonds. The Labute approximate surface area is 128 Å². The van der Waals surface area contributed by atoms with Gasteiger partial charge in [-0.05, 0) is 23.6 Å². The molecule has 0 saturated carbocycles. The zero-order chi connectivity index (χ0) is 14.5. The smallest absolute Gasteiger partial charge is 0.214 e. The summed E-state index contributed by atoms with van der Waals surface area (Å²) in [6.07, 6.45) is 0. The van der Waals surface area contributed by atoms with Gasteiger partial charge in [0.05, 0.1) is 0 Å². The Morgan fingerprint density at radius 1 is 1.25 bits per heavy atom. The van der Waals surface area contributed by atoms with Crippen LogP contribution in [0.15, 0.2) is 40.9 Å². The summed E-state index contributed by atoms with van der Waals surface area (Å²) in [7, 11) is 0. The van der Waals surface area contributed by atoms with Crippen molar-refractivity contribution in [3.63, 3.8) is 0 Å². The van der Waals surface area contributed by atoms with Crippen LogP contribution in [0.2, 0.25) is 0 Å². The van der Waals surface area contributed by atoms with E-state index in [2.05, 4.69) is 34.8 Å². The van der Waals surface area contributed by atoms with E-state index in [0.717, 1.165) is 21.3 Å². The topological polar surface area (TPSA) is 48.1 Å². The zero-order valence-electron chi connectivity index (χ0n) is 11.8. The number of pyridine rings is 1. The molecule has 3 nitrogen and oxygen atoms in total. The third-order valence-corrected chi connectivity index (χ3v) is 3.82. The van der Waals surface area contributed by atoms with Crippen molar-refractivity contribution in [2.24, 2.45) is 5.73 Å². The average Bonchev–Trinajstić information content (AvgIpc) is 2.46. The van der Waals surface area contributed by atoms with Crippen LogP contribution in [0.5, 0.6) is 5.88 Å². The number of nitrogens with two attached hydrogens (primary N) is 1. The number of rotatable bonds is 5. The molecule has 1 aromatic carbocycles. The molecule has 106 valence electrons. The second kappa shape index (κ2) is 6.86. The molecule has 0 spiro atoms. The predicted octanol–water partition coefficient (Wildman–Crippen LogP) is 4.01. The molecule has 4 heteroatoms. The minimum absolute atomic E-state index is 0.354. The summed E-state index contributed by atoms with van der Waals surface area (Å²) in [5.74, 6) is 0.986. The molecule has 0 aliphatic rings. The summed E-state index contributed by atoms with van der Waals surface area (Å²) < 4.78 is 6.85. The molecule has 2 aromatic rings. The third kappa shape index (κ3) is 3.81. The van der Waals surface area contributed by atoms with Crippen molar-refractivity contribution in [2.75, 3.05) is 0 Å². The van der Waals surface area contributed by atoms with Gasteiger partial charge in [0, 0.05) is 28.3 Å². The van der Waals surface area contributed by atoms with Crippen LogP contribution in [0.3, 0.4) is 0 Å². The van der Waals surface area contributed by atoms with Crippen molar-refractivity contribution in [3.8, 4) is 5.88 Å². The first kappa shape index (κ1) is 15.0. The maximum absolute atomic E-state index is 5.81. The number of halogens is 1. The van der Waals surface area contributed by atoms with Crippen LogP contribution in [0, 0.1) is 0 Å². The molecule has 0 radical (unpaired) electrons. The molecule has 0 unspecified atom stereocenters. The second-order valence-electron chi connectivity index (χ2n) is 4.98. The van der Waals surface area contributed by atoms with E-state index in [9.17, 15) is 0 Å². The molecule has 1 aromatic heterocycles. The normalized spacial score (nSPS) is 10.8. The summed E-state index contributed by atoms with van der Waals surface area (Å²) in [6.45, 7) is 5.20. The van der Waals surface area contributed by atoms with E-state index < -0.39 is 0 Å². The van der Waals surface area contributed by atoms with E-state index in [1.807, 2.05) is 36.4 Å². The molecule has 1 heterocycles. The van der Waals surface area contributed by atoms with Crippen LogP contribution in [-0.2, 0) is 13.2 Å². The molecule has 0 bridgehead atoms. The highest BCUT2D eigenvalue weighted by atomic mass is 79.9. The molecule has 0 aliphatic carbocycles. The van der Waals surface area contributed by atoms with Gasteiger partial charge in [0.25, 0.3) is 0 Å². The SMILES string of the molecule is CC(C)c1cc(CN)cc(OCc2ccccc2Br)n1. The van der Waals surface area contributed by atoms with E-state index >= 15 is 0 Å². The first-order valence-electron chi connectivity index (χ1n) is 6.67. The van der Waals surface area contributed by atoms with E-state index in [1.165, 1.54) is 0 Å². The van der Waals surface area contributed by atoms with Crippen molar-refractivity contribution in [1.29, 1.82) is 0 Å². The molecule has 0 atom stereocenters. The maximum atomic E-state index is 5.81. The highest BCUT2D eigenvalue weighted by molar-refractivity contribution is 9.10. The average molecular weight is 335 g/mol. The van der Waals surface area contributed by atoms with Crippen molar-refractivity contribution < 1.29 is 4.74 Å². The lowest BCUT2D eigenvalue weighted by atomic mass is 10.1. The van der Waals surface area contributed by atoms with Crippen LogP contribution in [0.25, 0.3) is 0 Å². The van der Waals surface area contributed by atoms with Crippen LogP contribution in [0.1, 0.15) is 36.6 Å². The summed E-state index contributed by atoms with van der Waals surface area (Å²) >= 11 is 3.52.